The summed E-state index contributed by atoms with van der Waals surface area (Å²) in [4.78, 5) is 4.25. The summed E-state index contributed by atoms with van der Waals surface area (Å²) in [6.45, 7) is 5.03. The SMILES string of the molecule is CCNC(Cc1ncnn1C)c1occc1C. The molecule has 0 saturated carbocycles. The van der Waals surface area contributed by atoms with Crippen LogP contribution in [-0.2, 0) is 13.5 Å². The first kappa shape index (κ1) is 11.9. The maximum atomic E-state index is 5.55. The van der Waals surface area contributed by atoms with E-state index in [2.05, 4.69) is 29.2 Å². The number of furan rings is 1. The van der Waals surface area contributed by atoms with Gasteiger partial charge in [-0.1, -0.05) is 6.92 Å². The second-order valence-electron chi connectivity index (χ2n) is 4.08. The minimum Gasteiger partial charge on any atom is -0.467 e. The molecule has 2 aromatic rings. The third-order valence-corrected chi connectivity index (χ3v) is 2.86. The minimum absolute atomic E-state index is 0.151. The molecule has 5 nitrogen and oxygen atoms in total. The first-order valence-corrected chi connectivity index (χ1v) is 5.82. The lowest BCUT2D eigenvalue weighted by atomic mass is 10.1. The molecule has 1 N–H and O–H groups in total. The predicted octanol–water partition coefficient (Wildman–Crippen LogP) is 1.61. The van der Waals surface area contributed by atoms with E-state index in [9.17, 15) is 0 Å². The topological polar surface area (TPSA) is 55.9 Å². The molecule has 0 aromatic carbocycles. The first-order chi connectivity index (χ1) is 8.22. The molecule has 17 heavy (non-hydrogen) atoms. The van der Waals surface area contributed by atoms with Crippen LogP contribution in [0.15, 0.2) is 23.1 Å². The molecule has 0 bridgehead atoms. The second-order valence-corrected chi connectivity index (χ2v) is 4.08. The van der Waals surface area contributed by atoms with Gasteiger partial charge in [-0.15, -0.1) is 0 Å². The van der Waals surface area contributed by atoms with Gasteiger partial charge >= 0.3 is 0 Å². The van der Waals surface area contributed by atoms with Crippen molar-refractivity contribution in [2.24, 2.45) is 7.05 Å². The molecule has 1 atom stereocenters. The van der Waals surface area contributed by atoms with E-state index < -0.39 is 0 Å². The number of aryl methyl sites for hydroxylation is 2. The highest BCUT2D eigenvalue weighted by Gasteiger charge is 2.18. The van der Waals surface area contributed by atoms with Crippen LogP contribution in [0.2, 0.25) is 0 Å². The van der Waals surface area contributed by atoms with Crippen LogP contribution >= 0.6 is 0 Å². The highest BCUT2D eigenvalue weighted by Crippen LogP contribution is 2.21. The van der Waals surface area contributed by atoms with E-state index >= 15 is 0 Å². The predicted molar refractivity (Wildman–Crippen MR) is 64.6 cm³/mol. The van der Waals surface area contributed by atoms with Gasteiger partial charge in [-0.2, -0.15) is 5.10 Å². The Labute approximate surface area is 101 Å². The fraction of sp³-hybridized carbons (Fsp3) is 0.500. The van der Waals surface area contributed by atoms with Crippen LogP contribution in [0.1, 0.15) is 30.1 Å². The van der Waals surface area contributed by atoms with Gasteiger partial charge < -0.3 is 9.73 Å². The van der Waals surface area contributed by atoms with Gasteiger partial charge in [0.25, 0.3) is 0 Å². The lowest BCUT2D eigenvalue weighted by molar-refractivity contribution is 0.405. The molecule has 2 aromatic heterocycles. The summed E-state index contributed by atoms with van der Waals surface area (Å²) in [6.07, 6.45) is 4.08. The lowest BCUT2D eigenvalue weighted by Gasteiger charge is -2.15. The molecule has 0 amide bonds. The van der Waals surface area contributed by atoms with Gasteiger partial charge in [-0.05, 0) is 25.1 Å². The number of nitrogens with one attached hydrogen (secondary N) is 1. The highest BCUT2D eigenvalue weighted by atomic mass is 16.3. The van der Waals surface area contributed by atoms with E-state index in [0.717, 1.165) is 30.1 Å². The van der Waals surface area contributed by atoms with E-state index in [4.69, 9.17) is 4.42 Å². The average Bonchev–Trinajstić information content (AvgIpc) is 2.88. The van der Waals surface area contributed by atoms with Crippen molar-refractivity contribution in [3.8, 4) is 0 Å². The Morgan fingerprint density at radius 3 is 2.88 bits per heavy atom. The zero-order chi connectivity index (χ0) is 12.3. The summed E-state index contributed by atoms with van der Waals surface area (Å²) in [5.41, 5.74) is 1.16. The van der Waals surface area contributed by atoms with Gasteiger partial charge in [0.05, 0.1) is 12.3 Å². The van der Waals surface area contributed by atoms with Crippen LogP contribution in [0.3, 0.4) is 0 Å². The molecule has 5 heteroatoms. The molecule has 0 saturated heterocycles. The summed E-state index contributed by atoms with van der Waals surface area (Å²) in [5, 5.41) is 7.50. The summed E-state index contributed by atoms with van der Waals surface area (Å²) < 4.78 is 7.34. The maximum Gasteiger partial charge on any atom is 0.138 e. The largest absolute Gasteiger partial charge is 0.467 e. The quantitative estimate of drug-likeness (QED) is 0.854. The van der Waals surface area contributed by atoms with Crippen LogP contribution in [0, 0.1) is 6.92 Å². The molecule has 0 fully saturated rings. The van der Waals surface area contributed by atoms with E-state index in [1.807, 2.05) is 13.1 Å². The second kappa shape index (κ2) is 5.14. The Balaban J connectivity index is 2.19. The highest BCUT2D eigenvalue weighted by molar-refractivity contribution is 5.19. The molecule has 0 aliphatic carbocycles. The average molecular weight is 234 g/mol. The molecule has 0 spiro atoms. The standard InChI is InChI=1S/C12H18N4O/c1-4-13-10(12-9(2)5-6-17-12)7-11-14-8-15-16(11)3/h5-6,8,10,13H,4,7H2,1-3H3. The first-order valence-electron chi connectivity index (χ1n) is 5.82. The normalized spacial score (nSPS) is 12.9. The summed E-state index contributed by atoms with van der Waals surface area (Å²) in [7, 11) is 1.90. The van der Waals surface area contributed by atoms with Gasteiger partial charge in [0, 0.05) is 13.5 Å². The van der Waals surface area contributed by atoms with Crippen molar-refractivity contribution < 1.29 is 4.42 Å². The molecular formula is C12H18N4O. The van der Waals surface area contributed by atoms with E-state index in [1.165, 1.54) is 0 Å². The number of hydrogen-bond donors (Lipinski definition) is 1. The van der Waals surface area contributed by atoms with Crippen LogP contribution in [-0.4, -0.2) is 21.3 Å². The molecule has 92 valence electrons. The number of nitrogens with zero attached hydrogens (tertiary/aromatic N) is 3. The van der Waals surface area contributed by atoms with E-state index in [0.29, 0.717) is 0 Å². The number of aromatic nitrogens is 3. The van der Waals surface area contributed by atoms with Gasteiger partial charge in [0.1, 0.15) is 17.9 Å². The van der Waals surface area contributed by atoms with Crippen molar-refractivity contribution in [3.05, 3.63) is 35.8 Å². The van der Waals surface area contributed by atoms with E-state index in [1.54, 1.807) is 17.3 Å². The van der Waals surface area contributed by atoms with Crippen LogP contribution in [0.5, 0.6) is 0 Å². The van der Waals surface area contributed by atoms with Gasteiger partial charge in [0.2, 0.25) is 0 Å². The van der Waals surface area contributed by atoms with Crippen molar-refractivity contribution >= 4 is 0 Å². The fourth-order valence-electron chi connectivity index (χ4n) is 1.93. The third kappa shape index (κ3) is 2.55. The van der Waals surface area contributed by atoms with Crippen molar-refractivity contribution in [2.45, 2.75) is 26.3 Å². The zero-order valence-electron chi connectivity index (χ0n) is 10.5. The van der Waals surface area contributed by atoms with Gasteiger partial charge in [0.15, 0.2) is 0 Å². The fourth-order valence-corrected chi connectivity index (χ4v) is 1.93. The molecule has 0 aliphatic heterocycles. The molecular weight excluding hydrogens is 216 g/mol. The van der Waals surface area contributed by atoms with E-state index in [-0.39, 0.29) is 6.04 Å². The van der Waals surface area contributed by atoms with Crippen molar-refractivity contribution in [1.29, 1.82) is 0 Å². The number of rotatable bonds is 5. The Hall–Kier alpha value is -1.62. The summed E-state index contributed by atoms with van der Waals surface area (Å²) in [6, 6.07) is 2.13. The lowest BCUT2D eigenvalue weighted by Crippen LogP contribution is -2.24. The zero-order valence-corrected chi connectivity index (χ0v) is 10.5. The molecule has 2 rings (SSSR count). The number of likely N-dealkylation sites (N-methyl/N-ethyl adjacent to an activating group) is 1. The summed E-state index contributed by atoms with van der Waals surface area (Å²) in [5.74, 6) is 1.93. The third-order valence-electron chi connectivity index (χ3n) is 2.86. The Kier molecular flexibility index (Phi) is 3.58. The smallest absolute Gasteiger partial charge is 0.138 e. The van der Waals surface area contributed by atoms with Crippen molar-refractivity contribution in [3.63, 3.8) is 0 Å². The minimum atomic E-state index is 0.151. The number of hydrogen-bond acceptors (Lipinski definition) is 4. The summed E-state index contributed by atoms with van der Waals surface area (Å²) >= 11 is 0. The molecule has 2 heterocycles. The van der Waals surface area contributed by atoms with Gasteiger partial charge in [-0.25, -0.2) is 4.98 Å². The monoisotopic (exact) mass is 234 g/mol. The van der Waals surface area contributed by atoms with Crippen LogP contribution in [0.4, 0.5) is 0 Å². The Bertz CT molecular complexity index is 474. The Morgan fingerprint density at radius 2 is 2.35 bits per heavy atom. The maximum absolute atomic E-state index is 5.55. The van der Waals surface area contributed by atoms with Gasteiger partial charge in [-0.3, -0.25) is 4.68 Å². The van der Waals surface area contributed by atoms with Crippen LogP contribution in [0.25, 0.3) is 0 Å². The van der Waals surface area contributed by atoms with Crippen molar-refractivity contribution in [2.75, 3.05) is 6.54 Å². The van der Waals surface area contributed by atoms with Crippen LogP contribution < -0.4 is 5.32 Å². The van der Waals surface area contributed by atoms with Crippen molar-refractivity contribution in [1.82, 2.24) is 20.1 Å². The molecule has 0 aliphatic rings. The Morgan fingerprint density at radius 1 is 1.53 bits per heavy atom. The molecule has 0 radical (unpaired) electrons. The molecule has 1 unspecified atom stereocenters.